The Morgan fingerprint density at radius 3 is 2.57 bits per heavy atom. The Kier molecular flexibility index (Phi) is 5.42. The number of aliphatic imine (C=N–C) groups is 1. The van der Waals surface area contributed by atoms with Crippen LogP contribution in [-0.4, -0.2) is 13.0 Å². The van der Waals surface area contributed by atoms with Gasteiger partial charge in [-0.1, -0.05) is 12.1 Å². The average Bonchev–Trinajstić information content (AvgIpc) is 2.83. The second kappa shape index (κ2) is 7.31. The van der Waals surface area contributed by atoms with E-state index in [9.17, 15) is 4.39 Å². The molecule has 124 valence electrons. The standard InChI is InChI=1S/C18H24FN3O/c1-11-6-7-15(9-17(11)19)13(3)22-18(20-5)21-10-16-8-12(2)23-14(16)4/h6-9,13H,10H2,1-5H3,(H2,20,21,22). The average molecular weight is 317 g/mol. The Bertz CT molecular complexity index is 706. The molecular weight excluding hydrogens is 293 g/mol. The zero-order valence-corrected chi connectivity index (χ0v) is 14.3. The van der Waals surface area contributed by atoms with Crippen LogP contribution in [0, 0.1) is 26.6 Å². The van der Waals surface area contributed by atoms with Crippen molar-refractivity contribution < 1.29 is 8.81 Å². The second-order valence-electron chi connectivity index (χ2n) is 5.74. The van der Waals surface area contributed by atoms with Gasteiger partial charge in [-0.25, -0.2) is 4.39 Å². The molecule has 1 atom stereocenters. The molecule has 2 rings (SSSR count). The van der Waals surface area contributed by atoms with Gasteiger partial charge in [0.15, 0.2) is 5.96 Å². The molecule has 0 aliphatic rings. The van der Waals surface area contributed by atoms with Crippen molar-refractivity contribution in [3.8, 4) is 0 Å². The number of rotatable bonds is 4. The second-order valence-corrected chi connectivity index (χ2v) is 5.74. The number of benzene rings is 1. The Balaban J connectivity index is 1.98. The zero-order chi connectivity index (χ0) is 17.0. The van der Waals surface area contributed by atoms with E-state index in [1.807, 2.05) is 32.9 Å². The molecule has 0 fully saturated rings. The summed E-state index contributed by atoms with van der Waals surface area (Å²) in [7, 11) is 1.71. The summed E-state index contributed by atoms with van der Waals surface area (Å²) in [6.45, 7) is 8.23. The van der Waals surface area contributed by atoms with Crippen LogP contribution in [0.1, 0.15) is 41.2 Å². The highest BCUT2D eigenvalue weighted by atomic mass is 19.1. The van der Waals surface area contributed by atoms with Gasteiger partial charge in [0, 0.05) is 19.2 Å². The molecule has 0 amide bonds. The molecule has 0 spiro atoms. The molecule has 1 heterocycles. The highest BCUT2D eigenvalue weighted by Crippen LogP contribution is 2.16. The molecule has 4 nitrogen and oxygen atoms in total. The molecule has 0 aliphatic carbocycles. The monoisotopic (exact) mass is 317 g/mol. The lowest BCUT2D eigenvalue weighted by Crippen LogP contribution is -2.38. The summed E-state index contributed by atoms with van der Waals surface area (Å²) in [5.41, 5.74) is 2.63. The minimum Gasteiger partial charge on any atom is -0.466 e. The molecule has 1 unspecified atom stereocenters. The van der Waals surface area contributed by atoms with Gasteiger partial charge in [-0.3, -0.25) is 4.99 Å². The molecule has 1 aromatic carbocycles. The van der Waals surface area contributed by atoms with Gasteiger partial charge in [0.25, 0.3) is 0 Å². The lowest BCUT2D eigenvalue weighted by molar-refractivity contribution is 0.500. The summed E-state index contributed by atoms with van der Waals surface area (Å²) >= 11 is 0. The summed E-state index contributed by atoms with van der Waals surface area (Å²) in [6, 6.07) is 7.23. The highest BCUT2D eigenvalue weighted by Gasteiger charge is 2.11. The van der Waals surface area contributed by atoms with Crippen molar-refractivity contribution in [2.75, 3.05) is 7.05 Å². The maximum atomic E-state index is 13.7. The van der Waals surface area contributed by atoms with Crippen LogP contribution in [0.15, 0.2) is 33.7 Å². The molecule has 0 saturated heterocycles. The molecule has 5 heteroatoms. The fourth-order valence-electron chi connectivity index (χ4n) is 2.40. The Morgan fingerprint density at radius 2 is 2.00 bits per heavy atom. The largest absolute Gasteiger partial charge is 0.466 e. The number of hydrogen-bond donors (Lipinski definition) is 2. The van der Waals surface area contributed by atoms with E-state index in [0.29, 0.717) is 18.1 Å². The lowest BCUT2D eigenvalue weighted by atomic mass is 10.1. The predicted octanol–water partition coefficient (Wildman–Crippen LogP) is 3.77. The summed E-state index contributed by atoms with van der Waals surface area (Å²) in [5, 5.41) is 6.52. The van der Waals surface area contributed by atoms with E-state index >= 15 is 0 Å². The van der Waals surface area contributed by atoms with Crippen molar-refractivity contribution in [1.29, 1.82) is 0 Å². The summed E-state index contributed by atoms with van der Waals surface area (Å²) in [4.78, 5) is 4.22. The SMILES string of the molecule is CN=C(NCc1cc(C)oc1C)NC(C)c1ccc(C)c(F)c1. The van der Waals surface area contributed by atoms with E-state index in [0.717, 1.165) is 22.6 Å². The number of halogens is 1. The minimum absolute atomic E-state index is 0.0523. The van der Waals surface area contributed by atoms with E-state index < -0.39 is 0 Å². The smallest absolute Gasteiger partial charge is 0.191 e. The van der Waals surface area contributed by atoms with Gasteiger partial charge in [-0.05, 0) is 51.0 Å². The fraction of sp³-hybridized carbons (Fsp3) is 0.389. The third-order valence-corrected chi connectivity index (χ3v) is 3.86. The fourth-order valence-corrected chi connectivity index (χ4v) is 2.40. The Labute approximate surface area is 136 Å². The molecular formula is C18H24FN3O. The number of hydrogen-bond acceptors (Lipinski definition) is 2. The van der Waals surface area contributed by atoms with E-state index in [4.69, 9.17) is 4.42 Å². The molecule has 23 heavy (non-hydrogen) atoms. The number of furan rings is 1. The van der Waals surface area contributed by atoms with E-state index in [2.05, 4.69) is 15.6 Å². The first kappa shape index (κ1) is 17.1. The normalized spacial score (nSPS) is 13.0. The topological polar surface area (TPSA) is 49.6 Å². The van der Waals surface area contributed by atoms with E-state index in [1.165, 1.54) is 0 Å². The number of guanidine groups is 1. The van der Waals surface area contributed by atoms with E-state index in [1.54, 1.807) is 26.1 Å². The molecule has 0 radical (unpaired) electrons. The number of nitrogens with zero attached hydrogens (tertiary/aromatic N) is 1. The first-order valence-corrected chi connectivity index (χ1v) is 7.70. The summed E-state index contributed by atoms with van der Waals surface area (Å²) < 4.78 is 19.2. The van der Waals surface area contributed by atoms with Crippen LogP contribution in [0.25, 0.3) is 0 Å². The van der Waals surface area contributed by atoms with Gasteiger partial charge >= 0.3 is 0 Å². The van der Waals surface area contributed by atoms with Crippen LogP contribution in [0.2, 0.25) is 0 Å². The molecule has 2 aromatic rings. The van der Waals surface area contributed by atoms with Crippen molar-refractivity contribution in [3.63, 3.8) is 0 Å². The van der Waals surface area contributed by atoms with Crippen LogP contribution in [0.3, 0.4) is 0 Å². The van der Waals surface area contributed by atoms with Gasteiger partial charge in [0.05, 0.1) is 6.04 Å². The van der Waals surface area contributed by atoms with Gasteiger partial charge in [0.2, 0.25) is 0 Å². The van der Waals surface area contributed by atoms with Crippen LogP contribution in [0.4, 0.5) is 4.39 Å². The molecule has 0 aliphatic heterocycles. The zero-order valence-electron chi connectivity index (χ0n) is 14.3. The first-order chi connectivity index (χ1) is 10.9. The highest BCUT2D eigenvalue weighted by molar-refractivity contribution is 5.80. The van der Waals surface area contributed by atoms with Crippen LogP contribution < -0.4 is 10.6 Å². The van der Waals surface area contributed by atoms with E-state index in [-0.39, 0.29) is 11.9 Å². The Morgan fingerprint density at radius 1 is 1.26 bits per heavy atom. The van der Waals surface area contributed by atoms with Gasteiger partial charge in [-0.15, -0.1) is 0 Å². The van der Waals surface area contributed by atoms with Gasteiger partial charge in [-0.2, -0.15) is 0 Å². The molecule has 0 bridgehead atoms. The van der Waals surface area contributed by atoms with Crippen LogP contribution >= 0.6 is 0 Å². The number of aryl methyl sites for hydroxylation is 3. The first-order valence-electron chi connectivity index (χ1n) is 7.70. The molecule has 2 N–H and O–H groups in total. The van der Waals surface area contributed by atoms with Gasteiger partial charge < -0.3 is 15.1 Å². The lowest BCUT2D eigenvalue weighted by Gasteiger charge is -2.18. The van der Waals surface area contributed by atoms with Gasteiger partial charge in [0.1, 0.15) is 17.3 Å². The quantitative estimate of drug-likeness (QED) is 0.666. The predicted molar refractivity (Wildman–Crippen MR) is 91.1 cm³/mol. The summed E-state index contributed by atoms with van der Waals surface area (Å²) in [5.74, 6) is 2.27. The minimum atomic E-state index is -0.191. The summed E-state index contributed by atoms with van der Waals surface area (Å²) in [6.07, 6.45) is 0. The van der Waals surface area contributed by atoms with Crippen LogP contribution in [0.5, 0.6) is 0 Å². The maximum absolute atomic E-state index is 13.7. The Hall–Kier alpha value is -2.30. The van der Waals surface area contributed by atoms with Crippen molar-refractivity contribution in [1.82, 2.24) is 10.6 Å². The van der Waals surface area contributed by atoms with Crippen LogP contribution in [-0.2, 0) is 6.54 Å². The third kappa shape index (κ3) is 4.34. The van der Waals surface area contributed by atoms with Crippen molar-refractivity contribution in [3.05, 3.63) is 58.3 Å². The third-order valence-electron chi connectivity index (χ3n) is 3.86. The number of nitrogens with one attached hydrogen (secondary N) is 2. The maximum Gasteiger partial charge on any atom is 0.191 e. The van der Waals surface area contributed by atoms with Crippen molar-refractivity contribution in [2.24, 2.45) is 4.99 Å². The molecule has 0 saturated carbocycles. The molecule has 1 aromatic heterocycles. The van der Waals surface area contributed by atoms with Crippen molar-refractivity contribution >= 4 is 5.96 Å². The van der Waals surface area contributed by atoms with Crippen molar-refractivity contribution in [2.45, 2.75) is 40.3 Å².